The molecular weight excluding hydrogens is 184 g/mol. The van der Waals surface area contributed by atoms with E-state index >= 15 is 0 Å². The van der Waals surface area contributed by atoms with Crippen molar-refractivity contribution in [2.24, 2.45) is 5.92 Å². The van der Waals surface area contributed by atoms with Crippen molar-refractivity contribution in [3.05, 3.63) is 0 Å². The van der Waals surface area contributed by atoms with Crippen LogP contribution >= 0.6 is 12.2 Å². The van der Waals surface area contributed by atoms with Gasteiger partial charge in [-0.05, 0) is 25.1 Å². The van der Waals surface area contributed by atoms with Gasteiger partial charge in [0.15, 0.2) is 5.11 Å². The van der Waals surface area contributed by atoms with Gasteiger partial charge in [0.2, 0.25) is 5.91 Å². The van der Waals surface area contributed by atoms with Crippen LogP contribution in [0.3, 0.4) is 0 Å². The quantitative estimate of drug-likeness (QED) is 0.587. The average Bonchev–Trinajstić information content (AvgIpc) is 2.15. The van der Waals surface area contributed by atoms with Gasteiger partial charge in [-0.15, -0.1) is 0 Å². The summed E-state index contributed by atoms with van der Waals surface area (Å²) in [6, 6.07) is 0.356. The smallest absolute Gasteiger partial charge is 0.231 e. The van der Waals surface area contributed by atoms with E-state index < -0.39 is 0 Å². The summed E-state index contributed by atoms with van der Waals surface area (Å²) < 4.78 is 0. The predicted octanol–water partition coefficient (Wildman–Crippen LogP) is 0.892. The molecule has 2 rings (SSSR count). The summed E-state index contributed by atoms with van der Waals surface area (Å²) in [6.45, 7) is 0. The third-order valence-corrected chi connectivity index (χ3v) is 3.50. The van der Waals surface area contributed by atoms with Crippen molar-refractivity contribution < 1.29 is 4.79 Å². The van der Waals surface area contributed by atoms with E-state index in [1.54, 1.807) is 0 Å². The molecule has 0 radical (unpaired) electrons. The van der Waals surface area contributed by atoms with Crippen LogP contribution in [0.2, 0.25) is 0 Å². The van der Waals surface area contributed by atoms with E-state index in [-0.39, 0.29) is 11.8 Å². The van der Waals surface area contributed by atoms with Crippen molar-refractivity contribution in [2.75, 3.05) is 7.05 Å². The molecule has 0 bridgehead atoms. The number of hydrogen-bond acceptors (Lipinski definition) is 2. The fourth-order valence-electron chi connectivity index (χ4n) is 2.32. The first-order valence-electron chi connectivity index (χ1n) is 4.78. The highest BCUT2D eigenvalue weighted by atomic mass is 32.1. The average molecular weight is 198 g/mol. The Morgan fingerprint density at radius 3 is 2.92 bits per heavy atom. The minimum Gasteiger partial charge on any atom is -0.348 e. The van der Waals surface area contributed by atoms with Gasteiger partial charge in [0.25, 0.3) is 0 Å². The van der Waals surface area contributed by atoms with Crippen LogP contribution in [0.4, 0.5) is 0 Å². The van der Waals surface area contributed by atoms with Crippen LogP contribution in [-0.2, 0) is 4.79 Å². The molecule has 1 N–H and O–H groups in total. The van der Waals surface area contributed by atoms with Gasteiger partial charge in [0.05, 0.1) is 5.92 Å². The standard InChI is InChI=1S/C9H14N2OS/c1-11-7-5-3-2-4-6(7)8(12)10-9(11)13/h6-7H,2-5H2,1H3,(H,10,12,13). The van der Waals surface area contributed by atoms with Gasteiger partial charge in [0, 0.05) is 13.1 Å². The van der Waals surface area contributed by atoms with Gasteiger partial charge in [-0.3, -0.25) is 4.79 Å². The van der Waals surface area contributed by atoms with Crippen LogP contribution in [0.5, 0.6) is 0 Å². The molecule has 2 unspecified atom stereocenters. The van der Waals surface area contributed by atoms with Crippen LogP contribution in [0, 0.1) is 5.92 Å². The van der Waals surface area contributed by atoms with Crippen molar-refractivity contribution in [1.29, 1.82) is 0 Å². The number of rotatable bonds is 0. The highest BCUT2D eigenvalue weighted by molar-refractivity contribution is 7.80. The first-order valence-corrected chi connectivity index (χ1v) is 5.18. The summed E-state index contributed by atoms with van der Waals surface area (Å²) in [5.41, 5.74) is 0. The largest absolute Gasteiger partial charge is 0.348 e. The fourth-order valence-corrected chi connectivity index (χ4v) is 2.55. The topological polar surface area (TPSA) is 32.3 Å². The molecule has 1 heterocycles. The summed E-state index contributed by atoms with van der Waals surface area (Å²) >= 11 is 5.07. The molecule has 72 valence electrons. The molecule has 1 saturated carbocycles. The van der Waals surface area contributed by atoms with Gasteiger partial charge >= 0.3 is 0 Å². The number of amides is 1. The summed E-state index contributed by atoms with van der Waals surface area (Å²) in [5.74, 6) is 0.304. The van der Waals surface area contributed by atoms with E-state index in [1.165, 1.54) is 12.8 Å². The highest BCUT2D eigenvalue weighted by Crippen LogP contribution is 2.30. The Balaban J connectivity index is 2.19. The molecule has 0 aromatic carbocycles. The van der Waals surface area contributed by atoms with E-state index in [9.17, 15) is 4.79 Å². The maximum Gasteiger partial charge on any atom is 0.231 e. The van der Waals surface area contributed by atoms with Crippen LogP contribution in [0.1, 0.15) is 25.7 Å². The van der Waals surface area contributed by atoms with Gasteiger partial charge in [-0.25, -0.2) is 0 Å². The zero-order valence-corrected chi connectivity index (χ0v) is 8.56. The fraction of sp³-hybridized carbons (Fsp3) is 0.778. The predicted molar refractivity (Wildman–Crippen MR) is 54.2 cm³/mol. The number of carbonyl (C=O) groups is 1. The van der Waals surface area contributed by atoms with Gasteiger partial charge < -0.3 is 10.2 Å². The SMILES string of the molecule is CN1C(=S)NC(=O)C2CCCCC21. The lowest BCUT2D eigenvalue weighted by Gasteiger charge is -2.42. The lowest BCUT2D eigenvalue weighted by atomic mass is 9.82. The van der Waals surface area contributed by atoms with E-state index in [0.717, 1.165) is 12.8 Å². The molecule has 1 aliphatic carbocycles. The van der Waals surface area contributed by atoms with Crippen LogP contribution < -0.4 is 5.32 Å². The lowest BCUT2D eigenvalue weighted by Crippen LogP contribution is -2.59. The number of hydrogen-bond donors (Lipinski definition) is 1. The van der Waals surface area contributed by atoms with Gasteiger partial charge in [0.1, 0.15) is 0 Å². The molecule has 4 heteroatoms. The highest BCUT2D eigenvalue weighted by Gasteiger charge is 2.38. The van der Waals surface area contributed by atoms with Crippen molar-refractivity contribution >= 4 is 23.2 Å². The molecule has 0 spiro atoms. The molecule has 3 nitrogen and oxygen atoms in total. The van der Waals surface area contributed by atoms with Crippen molar-refractivity contribution in [3.8, 4) is 0 Å². The van der Waals surface area contributed by atoms with Gasteiger partial charge in [-0.1, -0.05) is 12.8 Å². The normalized spacial score (nSPS) is 34.1. The Labute approximate surface area is 83.5 Å². The zero-order chi connectivity index (χ0) is 9.42. The second-order valence-electron chi connectivity index (χ2n) is 3.86. The first kappa shape index (κ1) is 8.94. The number of thiocarbonyl (C=S) groups is 1. The molecular formula is C9H14N2OS. The number of carbonyl (C=O) groups excluding carboxylic acids is 1. The zero-order valence-electron chi connectivity index (χ0n) is 7.75. The Hall–Kier alpha value is -0.640. The number of nitrogens with zero attached hydrogens (tertiary/aromatic N) is 1. The number of fused-ring (bicyclic) bond motifs is 1. The maximum absolute atomic E-state index is 11.6. The number of nitrogens with one attached hydrogen (secondary N) is 1. The second-order valence-corrected chi connectivity index (χ2v) is 4.25. The molecule has 13 heavy (non-hydrogen) atoms. The second kappa shape index (κ2) is 3.25. The summed E-state index contributed by atoms with van der Waals surface area (Å²) in [7, 11) is 1.98. The molecule has 1 amide bonds. The molecule has 2 atom stereocenters. The van der Waals surface area contributed by atoms with Crippen molar-refractivity contribution in [2.45, 2.75) is 31.7 Å². The summed E-state index contributed by atoms with van der Waals surface area (Å²) in [6.07, 6.45) is 4.52. The van der Waals surface area contributed by atoms with E-state index in [4.69, 9.17) is 12.2 Å². The van der Waals surface area contributed by atoms with E-state index in [1.807, 2.05) is 11.9 Å². The molecule has 1 saturated heterocycles. The third-order valence-electron chi connectivity index (χ3n) is 3.11. The van der Waals surface area contributed by atoms with Crippen LogP contribution in [0.25, 0.3) is 0 Å². The summed E-state index contributed by atoms with van der Waals surface area (Å²) in [4.78, 5) is 13.6. The Morgan fingerprint density at radius 2 is 2.15 bits per heavy atom. The minimum atomic E-state index is 0.132. The van der Waals surface area contributed by atoms with E-state index in [0.29, 0.717) is 11.2 Å². The van der Waals surface area contributed by atoms with Crippen molar-refractivity contribution in [3.63, 3.8) is 0 Å². The molecule has 0 aromatic rings. The van der Waals surface area contributed by atoms with E-state index in [2.05, 4.69) is 5.32 Å². The van der Waals surface area contributed by atoms with Gasteiger partial charge in [-0.2, -0.15) is 0 Å². The molecule has 0 aromatic heterocycles. The van der Waals surface area contributed by atoms with Crippen LogP contribution in [0.15, 0.2) is 0 Å². The summed E-state index contributed by atoms with van der Waals surface area (Å²) in [5, 5.41) is 3.34. The maximum atomic E-state index is 11.6. The molecule has 2 aliphatic rings. The van der Waals surface area contributed by atoms with Crippen LogP contribution in [-0.4, -0.2) is 29.0 Å². The Bertz CT molecular complexity index is 254. The minimum absolute atomic E-state index is 0.132. The third kappa shape index (κ3) is 1.43. The Kier molecular flexibility index (Phi) is 2.24. The Morgan fingerprint density at radius 1 is 1.46 bits per heavy atom. The lowest BCUT2D eigenvalue weighted by molar-refractivity contribution is -0.128. The molecule has 1 aliphatic heterocycles. The van der Waals surface area contributed by atoms with Crippen molar-refractivity contribution in [1.82, 2.24) is 10.2 Å². The monoisotopic (exact) mass is 198 g/mol. The molecule has 2 fully saturated rings. The first-order chi connectivity index (χ1) is 6.20.